The van der Waals surface area contributed by atoms with E-state index in [2.05, 4.69) is 31.5 Å². The van der Waals surface area contributed by atoms with Gasteiger partial charge in [-0.3, -0.25) is 43.9 Å². The van der Waals surface area contributed by atoms with E-state index in [1.54, 1.807) is 35.5 Å². The molecule has 0 spiro atoms. The molecule has 1 unspecified atom stereocenters. The molecule has 6 amide bonds. The monoisotopic (exact) mass is 894 g/mol. The fourth-order valence-electron chi connectivity index (χ4n) is 7.59. The van der Waals surface area contributed by atoms with Crippen LogP contribution in [-0.4, -0.2) is 143 Å². The zero-order valence-electron chi connectivity index (χ0n) is 36.9. The molecule has 344 valence electrons. The van der Waals surface area contributed by atoms with Crippen LogP contribution in [0.5, 0.6) is 0 Å². The highest BCUT2D eigenvalue weighted by atomic mass is 16.5. The normalized spacial score (nSPS) is 15.8. The van der Waals surface area contributed by atoms with Gasteiger partial charge in [-0.2, -0.15) is 0 Å². The van der Waals surface area contributed by atoms with Gasteiger partial charge in [-0.15, -0.1) is 10.2 Å². The summed E-state index contributed by atoms with van der Waals surface area (Å²) in [6, 6.07) is 11.3. The molecule has 21 nitrogen and oxygen atoms in total. The maximum absolute atomic E-state index is 13.9. The Morgan fingerprint density at radius 1 is 0.908 bits per heavy atom. The largest absolute Gasteiger partial charge is 0.382 e. The second-order valence-corrected chi connectivity index (χ2v) is 15.8. The summed E-state index contributed by atoms with van der Waals surface area (Å²) in [6.45, 7) is 9.90. The molecule has 0 bridgehead atoms. The van der Waals surface area contributed by atoms with Crippen LogP contribution in [0.3, 0.4) is 0 Å². The molecule has 0 radical (unpaired) electrons. The van der Waals surface area contributed by atoms with Crippen molar-refractivity contribution in [1.82, 2.24) is 45.6 Å². The van der Waals surface area contributed by atoms with Crippen molar-refractivity contribution in [3.05, 3.63) is 76.7 Å². The number of piperidine rings is 1. The average Bonchev–Trinajstić information content (AvgIpc) is 3.99. The molecule has 21 heteroatoms. The van der Waals surface area contributed by atoms with Gasteiger partial charge in [0.1, 0.15) is 29.7 Å². The first-order valence-corrected chi connectivity index (χ1v) is 21.7. The third-order valence-corrected chi connectivity index (χ3v) is 11.2. The summed E-state index contributed by atoms with van der Waals surface area (Å²) in [5.74, 6) is -0.859. The van der Waals surface area contributed by atoms with E-state index >= 15 is 0 Å². The number of amides is 6. The molecule has 0 saturated carbocycles. The standard InChI is InChI=1S/C44H54N12O9/c1-5-54-26-48-52-40(54)32-10-7-11-35(49-32)55-25-30-29(42(55)60)22-36(53(4)27(2)3)50-33(30)23-45-24-38(58)47-15-17-64-19-21-65-20-18-63-16-14-46-31-9-6-8-28-39(31)44(62)56(43(28)61)34-12-13-37(57)51-41(34)59/h6-11,22,26-27,34,45-46H,5,12-21,23-25H2,1-4H3,(H,47,58)(H,51,57,59). The highest BCUT2D eigenvalue weighted by molar-refractivity contribution is 6.25. The number of fused-ring (bicyclic) bond motifs is 2. The predicted octanol–water partition coefficient (Wildman–Crippen LogP) is 1.53. The number of rotatable bonds is 23. The highest BCUT2D eigenvalue weighted by Crippen LogP contribution is 2.34. The molecule has 1 fully saturated rings. The van der Waals surface area contributed by atoms with E-state index in [4.69, 9.17) is 24.2 Å². The molecule has 6 heterocycles. The molecule has 1 saturated heterocycles. The van der Waals surface area contributed by atoms with Gasteiger partial charge in [0.05, 0.1) is 75.1 Å². The summed E-state index contributed by atoms with van der Waals surface area (Å²) in [5.41, 5.74) is 3.45. The lowest BCUT2D eigenvalue weighted by atomic mass is 10.0. The summed E-state index contributed by atoms with van der Waals surface area (Å²) >= 11 is 0. The number of aromatic nitrogens is 5. The first kappa shape index (κ1) is 46.3. The summed E-state index contributed by atoms with van der Waals surface area (Å²) in [4.78, 5) is 91.1. The van der Waals surface area contributed by atoms with Gasteiger partial charge in [0.15, 0.2) is 5.82 Å². The lowest BCUT2D eigenvalue weighted by Crippen LogP contribution is -2.54. The molecular formula is C44H54N12O9. The summed E-state index contributed by atoms with van der Waals surface area (Å²) < 4.78 is 18.7. The van der Waals surface area contributed by atoms with Gasteiger partial charge in [-0.25, -0.2) is 9.97 Å². The molecule has 65 heavy (non-hydrogen) atoms. The molecule has 1 aromatic carbocycles. The van der Waals surface area contributed by atoms with Crippen molar-refractivity contribution >= 4 is 52.8 Å². The lowest BCUT2D eigenvalue weighted by molar-refractivity contribution is -0.136. The second-order valence-electron chi connectivity index (χ2n) is 15.8. The number of hydrogen-bond donors (Lipinski definition) is 4. The maximum Gasteiger partial charge on any atom is 0.264 e. The second kappa shape index (κ2) is 21.3. The minimum Gasteiger partial charge on any atom is -0.382 e. The zero-order valence-corrected chi connectivity index (χ0v) is 36.9. The van der Waals surface area contributed by atoms with E-state index in [0.29, 0.717) is 99.4 Å². The number of carbonyl (C=O) groups is 6. The van der Waals surface area contributed by atoms with E-state index in [0.717, 1.165) is 10.5 Å². The van der Waals surface area contributed by atoms with E-state index < -0.39 is 29.7 Å². The third kappa shape index (κ3) is 10.7. The number of hydrogen-bond acceptors (Lipinski definition) is 16. The predicted molar refractivity (Wildman–Crippen MR) is 236 cm³/mol. The summed E-state index contributed by atoms with van der Waals surface area (Å²) in [7, 11) is 1.93. The number of benzene rings is 1. The van der Waals surface area contributed by atoms with E-state index in [1.807, 2.05) is 55.5 Å². The first-order chi connectivity index (χ1) is 31.5. The number of nitrogens with zero attached hydrogens (tertiary/aromatic N) is 8. The Balaban J connectivity index is 0.774. The molecule has 1 atom stereocenters. The molecule has 0 aliphatic carbocycles. The van der Waals surface area contributed by atoms with Gasteiger partial charge in [0.2, 0.25) is 17.7 Å². The number of nitrogens with one attached hydrogen (secondary N) is 4. The van der Waals surface area contributed by atoms with Gasteiger partial charge >= 0.3 is 0 Å². The van der Waals surface area contributed by atoms with Gasteiger partial charge in [0.25, 0.3) is 17.7 Å². The van der Waals surface area contributed by atoms with Crippen molar-refractivity contribution in [3.8, 4) is 11.5 Å². The van der Waals surface area contributed by atoms with Crippen molar-refractivity contribution in [1.29, 1.82) is 0 Å². The Labute approximate surface area is 375 Å². The molecule has 3 aliphatic heterocycles. The quantitative estimate of drug-likeness (QED) is 0.0610. The Morgan fingerprint density at radius 2 is 1.65 bits per heavy atom. The Kier molecular flexibility index (Phi) is 15.2. The van der Waals surface area contributed by atoms with Crippen LogP contribution >= 0.6 is 0 Å². The fourth-order valence-corrected chi connectivity index (χ4v) is 7.59. The SMILES string of the molecule is CCn1cnnc1-c1cccc(N2Cc3c(cc(N(C)C(C)C)nc3CNCC(=O)NCCOCCOCCOCCNc3cccc4c3C(=O)N(C3CCC(=O)NC3=O)C4=O)C2=O)n1. The average molecular weight is 895 g/mol. The third-order valence-electron chi connectivity index (χ3n) is 11.2. The van der Waals surface area contributed by atoms with Gasteiger partial charge in [0, 0.05) is 56.9 Å². The number of carbonyl (C=O) groups excluding carboxylic acids is 6. The Hall–Kier alpha value is -6.68. The van der Waals surface area contributed by atoms with Crippen LogP contribution in [0.4, 0.5) is 17.3 Å². The van der Waals surface area contributed by atoms with Crippen LogP contribution in [-0.2, 0) is 48.2 Å². The van der Waals surface area contributed by atoms with Crippen LogP contribution in [0.2, 0.25) is 0 Å². The van der Waals surface area contributed by atoms with E-state index in [-0.39, 0.29) is 61.5 Å². The molecule has 7 rings (SSSR count). The lowest BCUT2D eigenvalue weighted by Gasteiger charge is -2.27. The Bertz CT molecular complexity index is 2420. The van der Waals surface area contributed by atoms with Gasteiger partial charge in [-0.05, 0) is 57.5 Å². The molecule has 4 N–H and O–H groups in total. The van der Waals surface area contributed by atoms with Crippen molar-refractivity contribution in [2.24, 2.45) is 0 Å². The van der Waals surface area contributed by atoms with Crippen molar-refractivity contribution < 1.29 is 43.0 Å². The van der Waals surface area contributed by atoms with Crippen LogP contribution in [0.25, 0.3) is 11.5 Å². The number of imide groups is 2. The zero-order chi connectivity index (χ0) is 46.0. The number of ether oxygens (including phenoxy) is 3. The number of aryl methyl sites for hydroxylation is 1. The van der Waals surface area contributed by atoms with Gasteiger partial charge < -0.3 is 39.6 Å². The molecule has 3 aromatic heterocycles. The van der Waals surface area contributed by atoms with Crippen LogP contribution in [0.15, 0.2) is 48.8 Å². The van der Waals surface area contributed by atoms with Crippen molar-refractivity contribution in [2.45, 2.75) is 65.3 Å². The first-order valence-electron chi connectivity index (χ1n) is 21.7. The van der Waals surface area contributed by atoms with Crippen molar-refractivity contribution in [3.63, 3.8) is 0 Å². The smallest absolute Gasteiger partial charge is 0.264 e. The fraction of sp³-hybridized carbons (Fsp3) is 0.455. The van der Waals surface area contributed by atoms with E-state index in [9.17, 15) is 28.8 Å². The Morgan fingerprint density at radius 3 is 2.38 bits per heavy atom. The van der Waals surface area contributed by atoms with E-state index in [1.165, 1.54) is 0 Å². The summed E-state index contributed by atoms with van der Waals surface area (Å²) in [5, 5.41) is 19.6. The molecular weight excluding hydrogens is 841 g/mol. The molecule has 4 aromatic rings. The van der Waals surface area contributed by atoms with Gasteiger partial charge in [-0.1, -0.05) is 12.1 Å². The van der Waals surface area contributed by atoms with Crippen molar-refractivity contribution in [2.75, 3.05) is 81.4 Å². The number of anilines is 3. The topological polar surface area (TPSA) is 244 Å². The minimum atomic E-state index is -1.03. The maximum atomic E-state index is 13.9. The molecule has 3 aliphatic rings. The van der Waals surface area contributed by atoms with Crippen LogP contribution in [0, 0.1) is 0 Å². The minimum absolute atomic E-state index is 0.0349. The van der Waals surface area contributed by atoms with Crippen LogP contribution in [0.1, 0.15) is 75.9 Å². The highest BCUT2D eigenvalue weighted by Gasteiger charge is 2.45. The van der Waals surface area contributed by atoms with Crippen LogP contribution < -0.4 is 31.1 Å². The number of pyridine rings is 2. The summed E-state index contributed by atoms with van der Waals surface area (Å²) in [6.07, 6.45) is 1.78.